The highest BCUT2D eigenvalue weighted by Gasteiger charge is 2.35. The smallest absolute Gasteiger partial charge is 0.321 e. The molecule has 0 atom stereocenters. The number of nitrogens with one attached hydrogen (secondary N) is 1. The van der Waals surface area contributed by atoms with Crippen molar-refractivity contribution in [2.75, 3.05) is 32.0 Å². The van der Waals surface area contributed by atoms with E-state index in [9.17, 15) is 19.1 Å². The number of piperidine rings is 1. The second-order valence-electron chi connectivity index (χ2n) is 11.7. The monoisotopic (exact) mass is 589 g/mol. The second-order valence-corrected chi connectivity index (χ2v) is 11.7. The van der Waals surface area contributed by atoms with Gasteiger partial charge in [-0.05, 0) is 79.6 Å². The van der Waals surface area contributed by atoms with Gasteiger partial charge in [-0.25, -0.2) is 9.18 Å². The molecular formula is C34H40FN3O5. The first-order chi connectivity index (χ1) is 20.6. The van der Waals surface area contributed by atoms with Crippen LogP contribution in [0.2, 0.25) is 0 Å². The molecule has 1 fully saturated rings. The van der Waals surface area contributed by atoms with Crippen molar-refractivity contribution in [2.24, 2.45) is 5.92 Å². The van der Waals surface area contributed by atoms with E-state index < -0.39 is 5.60 Å². The fourth-order valence-corrected chi connectivity index (χ4v) is 5.83. The molecule has 8 nitrogen and oxygen atoms in total. The molecule has 3 aromatic carbocycles. The van der Waals surface area contributed by atoms with Gasteiger partial charge in [0.25, 0.3) is 5.91 Å². The normalized spacial score (nSPS) is 16.2. The molecule has 0 aromatic heterocycles. The van der Waals surface area contributed by atoms with E-state index in [0.717, 1.165) is 31.2 Å². The number of ether oxygens (including phenoxy) is 2. The molecule has 43 heavy (non-hydrogen) atoms. The lowest BCUT2D eigenvalue weighted by Gasteiger charge is -2.39. The summed E-state index contributed by atoms with van der Waals surface area (Å²) in [6.45, 7) is 5.86. The van der Waals surface area contributed by atoms with Gasteiger partial charge in [-0.3, -0.25) is 4.79 Å². The fraction of sp³-hybridized carbons (Fsp3) is 0.412. The minimum Gasteiger partial charge on any atom is -0.457 e. The summed E-state index contributed by atoms with van der Waals surface area (Å²) in [5, 5.41) is 14.1. The van der Waals surface area contributed by atoms with Crippen molar-refractivity contribution in [3.8, 4) is 23.0 Å². The SMILES string of the molecule is CCC(CC)CC1(O)CCN(C(=O)Nc2cc(Oc3ccc(F)cc3)cc(Oc3ccc4c(c3)CCN(C)C4=O)c2)CC1. The number of carbonyl (C=O) groups is 2. The van der Waals surface area contributed by atoms with Gasteiger partial charge in [0.2, 0.25) is 0 Å². The van der Waals surface area contributed by atoms with Crippen LogP contribution in [0.25, 0.3) is 0 Å². The summed E-state index contributed by atoms with van der Waals surface area (Å²) in [6.07, 6.45) is 4.62. The third kappa shape index (κ3) is 7.46. The van der Waals surface area contributed by atoms with E-state index in [2.05, 4.69) is 19.2 Å². The molecule has 0 bridgehead atoms. The summed E-state index contributed by atoms with van der Waals surface area (Å²) in [5.41, 5.74) is 1.30. The van der Waals surface area contributed by atoms with Gasteiger partial charge in [0.1, 0.15) is 28.8 Å². The van der Waals surface area contributed by atoms with Gasteiger partial charge < -0.3 is 29.7 Å². The number of anilines is 1. The van der Waals surface area contributed by atoms with Gasteiger partial charge in [-0.15, -0.1) is 0 Å². The number of likely N-dealkylation sites (N-methyl/N-ethyl adjacent to an activating group) is 1. The topological polar surface area (TPSA) is 91.3 Å². The van der Waals surface area contributed by atoms with Crippen LogP contribution in [0.4, 0.5) is 14.9 Å². The van der Waals surface area contributed by atoms with E-state index >= 15 is 0 Å². The quantitative estimate of drug-likeness (QED) is 0.275. The maximum absolute atomic E-state index is 13.5. The zero-order valence-electron chi connectivity index (χ0n) is 25.1. The number of aliphatic hydroxyl groups is 1. The fourth-order valence-electron chi connectivity index (χ4n) is 5.83. The highest BCUT2D eigenvalue weighted by Crippen LogP contribution is 2.35. The van der Waals surface area contributed by atoms with Crippen molar-refractivity contribution in [1.29, 1.82) is 0 Å². The summed E-state index contributed by atoms with van der Waals surface area (Å²) >= 11 is 0. The third-order valence-corrected chi connectivity index (χ3v) is 8.59. The molecule has 228 valence electrons. The molecule has 2 heterocycles. The molecule has 0 radical (unpaired) electrons. The number of benzene rings is 3. The average Bonchev–Trinajstić information content (AvgIpc) is 2.99. The molecule has 2 aliphatic rings. The lowest BCUT2D eigenvalue weighted by molar-refractivity contribution is -0.0309. The van der Waals surface area contributed by atoms with Crippen molar-refractivity contribution in [2.45, 2.75) is 58.0 Å². The van der Waals surface area contributed by atoms with Gasteiger partial charge in [-0.2, -0.15) is 0 Å². The van der Waals surface area contributed by atoms with Crippen LogP contribution in [-0.4, -0.2) is 59.1 Å². The van der Waals surface area contributed by atoms with Gasteiger partial charge in [0.15, 0.2) is 0 Å². The van der Waals surface area contributed by atoms with Crippen LogP contribution in [0.1, 0.15) is 61.9 Å². The maximum atomic E-state index is 13.5. The molecular weight excluding hydrogens is 549 g/mol. The van der Waals surface area contributed by atoms with Gasteiger partial charge in [0.05, 0.1) is 5.60 Å². The number of urea groups is 1. The molecule has 1 saturated heterocycles. The number of nitrogens with zero attached hydrogens (tertiary/aromatic N) is 2. The van der Waals surface area contributed by atoms with Crippen LogP contribution >= 0.6 is 0 Å². The van der Waals surface area contributed by atoms with Crippen molar-refractivity contribution in [1.82, 2.24) is 9.80 Å². The Bertz CT molecular complexity index is 1450. The van der Waals surface area contributed by atoms with E-state index in [-0.39, 0.29) is 17.8 Å². The van der Waals surface area contributed by atoms with E-state index in [1.807, 2.05) is 6.07 Å². The summed E-state index contributed by atoms with van der Waals surface area (Å²) in [7, 11) is 1.79. The zero-order chi connectivity index (χ0) is 30.6. The van der Waals surface area contributed by atoms with Crippen LogP contribution in [0.5, 0.6) is 23.0 Å². The number of hydrogen-bond donors (Lipinski definition) is 2. The number of fused-ring (bicyclic) bond motifs is 1. The molecule has 0 unspecified atom stereocenters. The largest absolute Gasteiger partial charge is 0.457 e. The minimum atomic E-state index is -0.744. The maximum Gasteiger partial charge on any atom is 0.321 e. The molecule has 0 saturated carbocycles. The zero-order valence-corrected chi connectivity index (χ0v) is 25.1. The lowest BCUT2D eigenvalue weighted by atomic mass is 9.81. The Morgan fingerprint density at radius 1 is 0.930 bits per heavy atom. The predicted octanol–water partition coefficient (Wildman–Crippen LogP) is 7.22. The Hall–Kier alpha value is -4.11. The summed E-state index contributed by atoms with van der Waals surface area (Å²) in [6, 6.07) is 15.9. The Morgan fingerprint density at radius 3 is 2.21 bits per heavy atom. The molecule has 0 aliphatic carbocycles. The van der Waals surface area contributed by atoms with Crippen LogP contribution in [0.3, 0.4) is 0 Å². The Morgan fingerprint density at radius 2 is 1.56 bits per heavy atom. The number of amides is 3. The number of carbonyl (C=O) groups excluding carboxylic acids is 2. The van der Waals surface area contributed by atoms with E-state index in [1.54, 1.807) is 47.2 Å². The van der Waals surface area contributed by atoms with Crippen molar-refractivity contribution < 1.29 is 28.6 Å². The van der Waals surface area contributed by atoms with E-state index in [4.69, 9.17) is 9.47 Å². The highest BCUT2D eigenvalue weighted by molar-refractivity contribution is 5.96. The molecule has 3 aromatic rings. The third-order valence-electron chi connectivity index (χ3n) is 8.59. The first kappa shape index (κ1) is 30.4. The summed E-state index contributed by atoms with van der Waals surface area (Å²) in [5.74, 6) is 1.89. The lowest BCUT2D eigenvalue weighted by Crippen LogP contribution is -2.48. The molecule has 5 rings (SSSR count). The van der Waals surface area contributed by atoms with E-state index in [0.29, 0.717) is 72.6 Å². The summed E-state index contributed by atoms with van der Waals surface area (Å²) in [4.78, 5) is 29.2. The average molecular weight is 590 g/mol. The van der Waals surface area contributed by atoms with Gasteiger partial charge >= 0.3 is 6.03 Å². The Labute approximate surface area is 252 Å². The van der Waals surface area contributed by atoms with Crippen LogP contribution in [-0.2, 0) is 6.42 Å². The van der Waals surface area contributed by atoms with Crippen LogP contribution in [0.15, 0.2) is 60.7 Å². The highest BCUT2D eigenvalue weighted by atomic mass is 19.1. The first-order valence-corrected chi connectivity index (χ1v) is 15.1. The Balaban J connectivity index is 1.33. The molecule has 3 amide bonds. The van der Waals surface area contributed by atoms with Gasteiger partial charge in [-0.1, -0.05) is 26.7 Å². The second kappa shape index (κ2) is 13.0. The standard InChI is InChI=1S/C34H40FN3O5/c1-4-23(5-2)22-34(41)13-16-38(17-14-34)33(40)36-26-19-29(42-27-8-6-25(35)7-9-27)21-30(20-26)43-28-10-11-31-24(18-28)12-15-37(3)32(31)39/h6-11,18-21,23,41H,4-5,12-17,22H2,1-3H3,(H,36,40). The molecule has 2 aliphatic heterocycles. The number of halogens is 1. The van der Waals surface area contributed by atoms with Crippen LogP contribution in [0, 0.1) is 11.7 Å². The predicted molar refractivity (Wildman–Crippen MR) is 164 cm³/mol. The first-order valence-electron chi connectivity index (χ1n) is 15.1. The van der Waals surface area contributed by atoms with Crippen molar-refractivity contribution in [3.63, 3.8) is 0 Å². The number of hydrogen-bond acceptors (Lipinski definition) is 5. The Kier molecular flexibility index (Phi) is 9.20. The minimum absolute atomic E-state index is 0.0146. The van der Waals surface area contributed by atoms with Crippen molar-refractivity contribution >= 4 is 17.6 Å². The number of likely N-dealkylation sites (tertiary alicyclic amines) is 1. The molecule has 9 heteroatoms. The molecule has 2 N–H and O–H groups in total. The van der Waals surface area contributed by atoms with Gasteiger partial charge in [0, 0.05) is 56.1 Å². The number of rotatable bonds is 9. The van der Waals surface area contributed by atoms with Crippen molar-refractivity contribution in [3.05, 3.63) is 77.6 Å². The summed E-state index contributed by atoms with van der Waals surface area (Å²) < 4.78 is 25.6. The van der Waals surface area contributed by atoms with Crippen LogP contribution < -0.4 is 14.8 Å². The molecule has 0 spiro atoms. The van der Waals surface area contributed by atoms with E-state index in [1.165, 1.54) is 24.3 Å².